The Bertz CT molecular complexity index is 656. The average molecular weight is 335 g/mol. The van der Waals surface area contributed by atoms with Crippen LogP contribution in [0.5, 0.6) is 0 Å². The first-order valence-corrected chi connectivity index (χ1v) is 6.81. The van der Waals surface area contributed by atoms with E-state index in [9.17, 15) is 4.79 Å². The molecule has 2 rings (SSSR count). The van der Waals surface area contributed by atoms with E-state index in [4.69, 9.17) is 5.73 Å². The van der Waals surface area contributed by atoms with E-state index in [0.717, 1.165) is 21.4 Å². The second kappa shape index (κ2) is 5.96. The van der Waals surface area contributed by atoms with E-state index in [2.05, 4.69) is 26.0 Å². The molecule has 0 aliphatic heterocycles. The molecule has 0 unspecified atom stereocenters. The fraction of sp³-hybridized carbons (Fsp3) is 0.133. The monoisotopic (exact) mass is 334 g/mol. The minimum atomic E-state index is -0.403. The number of anilines is 3. The van der Waals surface area contributed by atoms with Crippen molar-refractivity contribution in [2.75, 3.05) is 18.2 Å². The van der Waals surface area contributed by atoms with Gasteiger partial charge in [0.05, 0.1) is 29.7 Å². The molecule has 0 atom stereocenters. The summed E-state index contributed by atoms with van der Waals surface area (Å²) in [5.74, 6) is -0.403. The summed E-state index contributed by atoms with van der Waals surface area (Å²) in [5, 5.41) is 3.23. The number of rotatable bonds is 3. The third kappa shape index (κ3) is 3.11. The average Bonchev–Trinajstić information content (AvgIpc) is 2.42. The molecule has 2 aromatic rings. The van der Waals surface area contributed by atoms with Gasteiger partial charge in [0.1, 0.15) is 0 Å². The molecule has 0 saturated heterocycles. The molecule has 0 aliphatic rings. The molecule has 5 heteroatoms. The minimum absolute atomic E-state index is 0.403. The molecule has 3 N–H and O–H groups in total. The van der Waals surface area contributed by atoms with Crippen LogP contribution in [0, 0.1) is 6.92 Å². The number of nitrogen functional groups attached to an aromatic ring is 1. The van der Waals surface area contributed by atoms with Crippen LogP contribution in [-0.2, 0) is 4.74 Å². The van der Waals surface area contributed by atoms with Gasteiger partial charge in [-0.25, -0.2) is 4.79 Å². The van der Waals surface area contributed by atoms with Crippen molar-refractivity contribution in [3.8, 4) is 0 Å². The molecule has 0 saturated carbocycles. The summed E-state index contributed by atoms with van der Waals surface area (Å²) in [6.07, 6.45) is 0. The lowest BCUT2D eigenvalue weighted by atomic mass is 10.1. The Morgan fingerprint density at radius 1 is 1.20 bits per heavy atom. The molecule has 0 aromatic heterocycles. The normalized spacial score (nSPS) is 10.2. The van der Waals surface area contributed by atoms with Crippen LogP contribution in [0.15, 0.2) is 40.9 Å². The summed E-state index contributed by atoms with van der Waals surface area (Å²) in [4.78, 5) is 11.4. The van der Waals surface area contributed by atoms with Gasteiger partial charge in [-0.05, 0) is 58.7 Å². The minimum Gasteiger partial charge on any atom is -0.465 e. The van der Waals surface area contributed by atoms with Crippen molar-refractivity contribution in [3.05, 3.63) is 52.0 Å². The Morgan fingerprint density at radius 3 is 2.50 bits per heavy atom. The number of halogens is 1. The zero-order valence-electron chi connectivity index (χ0n) is 11.2. The molecular weight excluding hydrogens is 320 g/mol. The molecule has 0 amide bonds. The highest BCUT2D eigenvalue weighted by Gasteiger charge is 2.09. The Kier molecular flexibility index (Phi) is 4.29. The molecule has 0 aliphatic carbocycles. The van der Waals surface area contributed by atoms with Gasteiger partial charge in [0.2, 0.25) is 0 Å². The van der Waals surface area contributed by atoms with E-state index in [1.54, 1.807) is 18.2 Å². The van der Waals surface area contributed by atoms with Crippen LogP contribution in [0.25, 0.3) is 0 Å². The number of hydrogen-bond acceptors (Lipinski definition) is 4. The van der Waals surface area contributed by atoms with Gasteiger partial charge in [-0.1, -0.05) is 6.07 Å². The van der Waals surface area contributed by atoms with Crippen molar-refractivity contribution in [2.24, 2.45) is 0 Å². The molecule has 0 spiro atoms. The molecule has 20 heavy (non-hydrogen) atoms. The summed E-state index contributed by atoms with van der Waals surface area (Å²) in [7, 11) is 1.34. The number of carbonyl (C=O) groups excluding carboxylic acids is 1. The summed E-state index contributed by atoms with van der Waals surface area (Å²) < 4.78 is 5.61. The molecule has 0 heterocycles. The van der Waals surface area contributed by atoms with Crippen molar-refractivity contribution in [3.63, 3.8) is 0 Å². The molecule has 4 nitrogen and oxygen atoms in total. The van der Waals surface area contributed by atoms with E-state index in [1.807, 2.05) is 25.1 Å². The Morgan fingerprint density at radius 2 is 1.90 bits per heavy atom. The summed E-state index contributed by atoms with van der Waals surface area (Å²) in [6.45, 7) is 2.02. The Hall–Kier alpha value is -2.01. The Labute approximate surface area is 126 Å². The second-order valence-corrected chi connectivity index (χ2v) is 5.26. The van der Waals surface area contributed by atoms with E-state index in [0.29, 0.717) is 11.3 Å². The summed E-state index contributed by atoms with van der Waals surface area (Å²) >= 11 is 3.50. The number of hydrogen-bond donors (Lipinski definition) is 2. The first kappa shape index (κ1) is 14.4. The maximum Gasteiger partial charge on any atom is 0.337 e. The van der Waals surface area contributed by atoms with Crippen LogP contribution >= 0.6 is 15.9 Å². The fourth-order valence-corrected chi connectivity index (χ4v) is 2.38. The van der Waals surface area contributed by atoms with Crippen molar-refractivity contribution >= 4 is 39.0 Å². The van der Waals surface area contributed by atoms with Gasteiger partial charge in [0, 0.05) is 4.47 Å². The van der Waals surface area contributed by atoms with Crippen molar-refractivity contribution in [1.29, 1.82) is 0 Å². The van der Waals surface area contributed by atoms with E-state index >= 15 is 0 Å². The number of methoxy groups -OCH3 is 1. The summed E-state index contributed by atoms with van der Waals surface area (Å²) in [5.41, 5.74) is 9.68. The van der Waals surface area contributed by atoms with Crippen molar-refractivity contribution in [2.45, 2.75) is 6.92 Å². The smallest absolute Gasteiger partial charge is 0.337 e. The Balaban J connectivity index is 2.28. The number of ether oxygens (including phenoxy) is 1. The van der Waals surface area contributed by atoms with Crippen LogP contribution in [0.4, 0.5) is 17.1 Å². The van der Waals surface area contributed by atoms with Gasteiger partial charge >= 0.3 is 5.97 Å². The lowest BCUT2D eigenvalue weighted by molar-refractivity contribution is 0.0601. The third-order valence-corrected chi connectivity index (χ3v) is 3.52. The van der Waals surface area contributed by atoms with Crippen LogP contribution in [0.1, 0.15) is 15.9 Å². The van der Waals surface area contributed by atoms with Crippen LogP contribution < -0.4 is 11.1 Å². The van der Waals surface area contributed by atoms with E-state index in [1.165, 1.54) is 7.11 Å². The third-order valence-electron chi connectivity index (χ3n) is 2.87. The van der Waals surface area contributed by atoms with Crippen molar-refractivity contribution in [1.82, 2.24) is 0 Å². The predicted octanol–water partition coefficient (Wildman–Crippen LogP) is 3.87. The zero-order chi connectivity index (χ0) is 14.7. The quantitative estimate of drug-likeness (QED) is 0.660. The van der Waals surface area contributed by atoms with E-state index in [-0.39, 0.29) is 0 Å². The van der Waals surface area contributed by atoms with Gasteiger partial charge in [-0.2, -0.15) is 0 Å². The molecule has 0 fully saturated rings. The first-order chi connectivity index (χ1) is 9.51. The molecule has 0 bridgehead atoms. The highest BCUT2D eigenvalue weighted by atomic mass is 79.9. The summed E-state index contributed by atoms with van der Waals surface area (Å²) in [6, 6.07) is 11.0. The number of carbonyl (C=O) groups is 1. The highest BCUT2D eigenvalue weighted by molar-refractivity contribution is 9.10. The van der Waals surface area contributed by atoms with Crippen molar-refractivity contribution < 1.29 is 9.53 Å². The molecule has 0 radical (unpaired) electrons. The zero-order valence-corrected chi connectivity index (χ0v) is 12.8. The number of nitrogens with one attached hydrogen (secondary N) is 1. The standard InChI is InChI=1S/C15H15BrN2O2/c1-9-3-5-13(11(16)7-9)18-14-6-4-10(8-12(14)17)15(19)20-2/h3-8,18H,17H2,1-2H3. The van der Waals surface area contributed by atoms with E-state index < -0.39 is 5.97 Å². The van der Waals surface area contributed by atoms with Gasteiger partial charge < -0.3 is 15.8 Å². The largest absolute Gasteiger partial charge is 0.465 e. The van der Waals surface area contributed by atoms with Crippen LogP contribution in [0.3, 0.4) is 0 Å². The maximum atomic E-state index is 11.4. The van der Waals surface area contributed by atoms with Crippen LogP contribution in [-0.4, -0.2) is 13.1 Å². The number of benzene rings is 2. The first-order valence-electron chi connectivity index (χ1n) is 6.02. The molecular formula is C15H15BrN2O2. The van der Waals surface area contributed by atoms with Gasteiger partial charge in [0.15, 0.2) is 0 Å². The topological polar surface area (TPSA) is 64.3 Å². The fourth-order valence-electron chi connectivity index (χ4n) is 1.79. The predicted molar refractivity (Wildman–Crippen MR) is 84.4 cm³/mol. The van der Waals surface area contributed by atoms with Gasteiger partial charge in [0.25, 0.3) is 0 Å². The number of nitrogens with two attached hydrogens (primary N) is 1. The van der Waals surface area contributed by atoms with Gasteiger partial charge in [-0.3, -0.25) is 0 Å². The van der Waals surface area contributed by atoms with Gasteiger partial charge in [-0.15, -0.1) is 0 Å². The lowest BCUT2D eigenvalue weighted by Crippen LogP contribution is -2.04. The number of esters is 1. The second-order valence-electron chi connectivity index (χ2n) is 4.40. The SMILES string of the molecule is COC(=O)c1ccc(Nc2ccc(C)cc2Br)c(N)c1. The number of aryl methyl sites for hydroxylation is 1. The lowest BCUT2D eigenvalue weighted by Gasteiger charge is -2.12. The maximum absolute atomic E-state index is 11.4. The molecule has 2 aromatic carbocycles. The highest BCUT2D eigenvalue weighted by Crippen LogP contribution is 2.30. The molecule has 104 valence electrons. The van der Waals surface area contributed by atoms with Crippen LogP contribution in [0.2, 0.25) is 0 Å².